The largest absolute Gasteiger partial charge is 0.464 e. The summed E-state index contributed by atoms with van der Waals surface area (Å²) < 4.78 is 66.5. The average Bonchev–Trinajstić information content (AvgIpc) is 3.16. The monoisotopic (exact) mass is 769 g/mol. The second-order valence-corrected chi connectivity index (χ2v) is 14.5. The predicted molar refractivity (Wildman–Crippen MR) is 198 cm³/mol. The highest BCUT2D eigenvalue weighted by Gasteiger charge is 2.28. The number of aromatic nitrogens is 5. The molecule has 0 radical (unpaired) electrons. The Hall–Kier alpha value is -6.62. The predicted octanol–water partition coefficient (Wildman–Crippen LogP) is 4.16. The molecular weight excluding hydrogens is 737 g/mol. The zero-order valence-corrected chi connectivity index (χ0v) is 30.4. The van der Waals surface area contributed by atoms with Crippen molar-refractivity contribution in [3.8, 4) is 16.9 Å². The molecule has 6 rings (SSSR count). The molecule has 0 aliphatic heterocycles. The summed E-state index contributed by atoms with van der Waals surface area (Å²) in [6.45, 7) is 3.58. The molecule has 282 valence electrons. The molecule has 1 amide bonds. The number of rotatable bonds is 12. The smallest absolute Gasteiger partial charge is 0.335 e. The molecule has 14 nitrogen and oxygen atoms in total. The van der Waals surface area contributed by atoms with E-state index in [4.69, 9.17) is 4.74 Å². The molecule has 0 saturated heterocycles. The van der Waals surface area contributed by atoms with E-state index in [9.17, 15) is 27.6 Å². The Bertz CT molecular complexity index is 2610. The summed E-state index contributed by atoms with van der Waals surface area (Å²) in [5.41, 5.74) is -0.552. The van der Waals surface area contributed by atoms with Gasteiger partial charge in [0.05, 0.1) is 40.8 Å². The maximum absolute atomic E-state index is 15.4. The van der Waals surface area contributed by atoms with Crippen LogP contribution in [0.5, 0.6) is 0 Å². The molecule has 0 aliphatic carbocycles. The third-order valence-corrected chi connectivity index (χ3v) is 9.77. The zero-order valence-electron chi connectivity index (χ0n) is 29.6. The number of hydrogen-bond acceptors (Lipinski definition) is 10. The lowest BCUT2D eigenvalue weighted by Gasteiger charge is -2.19. The minimum absolute atomic E-state index is 0.00657. The summed E-state index contributed by atoms with van der Waals surface area (Å²) in [7, 11) is -2.85. The van der Waals surface area contributed by atoms with Gasteiger partial charge in [0.2, 0.25) is 0 Å². The summed E-state index contributed by atoms with van der Waals surface area (Å²) in [6.07, 6.45) is 6.84. The van der Waals surface area contributed by atoms with Crippen molar-refractivity contribution in [3.63, 3.8) is 0 Å². The van der Waals surface area contributed by atoms with E-state index < -0.39 is 62.1 Å². The highest BCUT2D eigenvalue weighted by atomic mass is 32.2. The number of amides is 1. The molecule has 1 atom stereocenters. The van der Waals surface area contributed by atoms with Crippen LogP contribution in [0, 0.1) is 17.6 Å². The molecule has 4 heterocycles. The summed E-state index contributed by atoms with van der Waals surface area (Å²) in [5.74, 6) is -5.06. The van der Waals surface area contributed by atoms with E-state index >= 15 is 8.78 Å². The number of nitrogens with zero attached hydrogens (tertiary/aromatic N) is 5. The van der Waals surface area contributed by atoms with Gasteiger partial charge in [-0.2, -0.15) is 0 Å². The van der Waals surface area contributed by atoms with Gasteiger partial charge >= 0.3 is 11.7 Å². The number of fused-ring (bicyclic) bond motifs is 1. The second kappa shape index (κ2) is 15.8. The Balaban J connectivity index is 1.21. The zero-order chi connectivity index (χ0) is 39.4. The Morgan fingerprint density at radius 3 is 2.20 bits per heavy atom. The van der Waals surface area contributed by atoms with Crippen LogP contribution in [0.3, 0.4) is 0 Å². The third kappa shape index (κ3) is 8.31. The maximum atomic E-state index is 15.4. The number of hydrogen-bond donors (Lipinski definition) is 2. The van der Waals surface area contributed by atoms with Crippen LogP contribution in [0.2, 0.25) is 0 Å². The summed E-state index contributed by atoms with van der Waals surface area (Å²) in [4.78, 5) is 64.6. The van der Waals surface area contributed by atoms with E-state index in [-0.39, 0.29) is 34.9 Å². The van der Waals surface area contributed by atoms with Crippen molar-refractivity contribution in [2.75, 3.05) is 11.3 Å². The lowest BCUT2D eigenvalue weighted by atomic mass is 10.0. The van der Waals surface area contributed by atoms with Gasteiger partial charge in [0.25, 0.3) is 21.5 Å². The van der Waals surface area contributed by atoms with Gasteiger partial charge in [0.15, 0.2) is 0 Å². The van der Waals surface area contributed by atoms with E-state index in [0.29, 0.717) is 34.5 Å². The number of benzene rings is 2. The summed E-state index contributed by atoms with van der Waals surface area (Å²) in [6, 6.07) is 13.5. The molecule has 0 saturated carbocycles. The van der Waals surface area contributed by atoms with Crippen molar-refractivity contribution in [1.29, 1.82) is 0 Å². The van der Waals surface area contributed by atoms with Gasteiger partial charge in [-0.15, -0.1) is 0 Å². The molecule has 0 fully saturated rings. The van der Waals surface area contributed by atoms with Gasteiger partial charge in [-0.05, 0) is 66.1 Å². The first kappa shape index (κ1) is 38.1. The van der Waals surface area contributed by atoms with Crippen LogP contribution in [0.15, 0.2) is 112 Å². The topological polar surface area (TPSA) is 184 Å². The molecule has 0 unspecified atom stereocenters. The Labute approximate surface area is 312 Å². The standard InChI is InChI=1S/C38H33F2N7O7S/c1-22(2)21-54-37(50)32(16-23-4-6-26(7-5-23)47-36(49)28-12-15-42-20-33(28)46(3)38(47)51)44-35(48)34-29(39)17-25(18-30(34)40)45-55(52,53)27-8-9-31(43-19-27)24-10-13-41-14-11-24/h4-15,17-20,22,32,45H,16,21H2,1-3H3,(H,44,48)/t32-/m0/s1. The molecule has 2 aromatic carbocycles. The van der Waals surface area contributed by atoms with Gasteiger partial charge < -0.3 is 10.1 Å². The Morgan fingerprint density at radius 1 is 0.891 bits per heavy atom. The molecule has 55 heavy (non-hydrogen) atoms. The first-order chi connectivity index (χ1) is 26.2. The first-order valence-corrected chi connectivity index (χ1v) is 18.2. The molecular formula is C38H33F2N7O7S. The highest BCUT2D eigenvalue weighted by Crippen LogP contribution is 2.24. The Morgan fingerprint density at radius 2 is 1.56 bits per heavy atom. The fraction of sp³-hybridized carbons (Fsp3) is 0.184. The summed E-state index contributed by atoms with van der Waals surface area (Å²) >= 11 is 0. The number of carbonyl (C=O) groups is 2. The second-order valence-electron chi connectivity index (χ2n) is 12.8. The van der Waals surface area contributed by atoms with Crippen molar-refractivity contribution >= 4 is 38.5 Å². The quantitative estimate of drug-likeness (QED) is 0.171. The fourth-order valence-corrected chi connectivity index (χ4v) is 6.59. The van der Waals surface area contributed by atoms with Crippen LogP contribution in [-0.4, -0.2) is 57.0 Å². The van der Waals surface area contributed by atoms with Gasteiger partial charge in [0.1, 0.15) is 28.1 Å². The van der Waals surface area contributed by atoms with E-state index in [2.05, 4.69) is 25.0 Å². The number of carbonyl (C=O) groups excluding carboxylic acids is 2. The lowest BCUT2D eigenvalue weighted by molar-refractivity contribution is -0.147. The molecule has 17 heteroatoms. The van der Waals surface area contributed by atoms with Crippen LogP contribution in [0.25, 0.3) is 27.8 Å². The van der Waals surface area contributed by atoms with Crippen molar-refractivity contribution in [1.82, 2.24) is 29.4 Å². The molecule has 2 N–H and O–H groups in total. The SMILES string of the molecule is CC(C)COC(=O)[C@H](Cc1ccc(-n2c(=O)c3ccncc3n(C)c2=O)cc1)NC(=O)c1c(F)cc(NS(=O)(=O)c2ccc(-c3ccncc3)nc2)cc1F. The van der Waals surface area contributed by atoms with E-state index in [1.165, 1.54) is 66.5 Å². The minimum Gasteiger partial charge on any atom is -0.464 e. The van der Waals surface area contributed by atoms with Crippen LogP contribution < -0.4 is 21.3 Å². The normalized spacial score (nSPS) is 12.0. The number of esters is 1. The minimum atomic E-state index is -4.35. The molecule has 0 bridgehead atoms. The molecule has 6 aromatic rings. The number of aryl methyl sites for hydroxylation is 1. The average molecular weight is 770 g/mol. The third-order valence-electron chi connectivity index (χ3n) is 8.40. The lowest BCUT2D eigenvalue weighted by Crippen LogP contribution is -2.44. The van der Waals surface area contributed by atoms with Crippen molar-refractivity contribution < 1.29 is 31.5 Å². The van der Waals surface area contributed by atoms with Crippen LogP contribution in [-0.2, 0) is 33.0 Å². The van der Waals surface area contributed by atoms with Gasteiger partial charge in [-0.1, -0.05) is 26.0 Å². The van der Waals surface area contributed by atoms with Gasteiger partial charge in [-0.25, -0.2) is 31.4 Å². The molecule has 0 spiro atoms. The number of ether oxygens (including phenoxy) is 1. The first-order valence-electron chi connectivity index (χ1n) is 16.7. The molecule has 0 aliphatic rings. The maximum Gasteiger partial charge on any atom is 0.335 e. The fourth-order valence-electron chi connectivity index (χ4n) is 5.61. The van der Waals surface area contributed by atoms with E-state index in [1.54, 1.807) is 38.4 Å². The number of sulfonamides is 1. The van der Waals surface area contributed by atoms with Gasteiger partial charge in [-0.3, -0.25) is 33.8 Å². The van der Waals surface area contributed by atoms with E-state index in [1.807, 2.05) is 0 Å². The van der Waals surface area contributed by atoms with Crippen molar-refractivity contribution in [3.05, 3.63) is 141 Å². The number of anilines is 1. The van der Waals surface area contributed by atoms with Crippen molar-refractivity contribution in [2.24, 2.45) is 13.0 Å². The Kier molecular flexibility index (Phi) is 10.9. The van der Waals surface area contributed by atoms with E-state index in [0.717, 1.165) is 10.8 Å². The number of nitrogens with one attached hydrogen (secondary N) is 2. The van der Waals surface area contributed by atoms with Crippen LogP contribution >= 0.6 is 0 Å². The highest BCUT2D eigenvalue weighted by molar-refractivity contribution is 7.92. The number of pyridine rings is 3. The van der Waals surface area contributed by atoms with Crippen LogP contribution in [0.4, 0.5) is 14.5 Å². The van der Waals surface area contributed by atoms with Gasteiger partial charge in [0, 0.05) is 43.8 Å². The van der Waals surface area contributed by atoms with Crippen LogP contribution in [0.1, 0.15) is 29.8 Å². The van der Waals surface area contributed by atoms with Crippen molar-refractivity contribution in [2.45, 2.75) is 31.2 Å². The summed E-state index contributed by atoms with van der Waals surface area (Å²) in [5, 5.41) is 2.60. The number of halogens is 2. The molecule has 4 aromatic heterocycles.